The Morgan fingerprint density at radius 1 is 1.50 bits per heavy atom. The highest BCUT2D eigenvalue weighted by Gasteiger charge is 2.32. The lowest BCUT2D eigenvalue weighted by Crippen LogP contribution is -2.38. The molecule has 0 bridgehead atoms. The third-order valence-corrected chi connectivity index (χ3v) is 4.22. The van der Waals surface area contributed by atoms with E-state index in [4.69, 9.17) is 5.73 Å². The minimum Gasteiger partial charge on any atom is -0.338 e. The van der Waals surface area contributed by atoms with Crippen molar-refractivity contribution >= 4 is 5.91 Å². The molecule has 4 heteroatoms. The van der Waals surface area contributed by atoms with Gasteiger partial charge in [0.05, 0.1) is 0 Å². The van der Waals surface area contributed by atoms with E-state index >= 15 is 0 Å². The second kappa shape index (κ2) is 7.39. The average Bonchev–Trinajstić information content (AvgIpc) is 2.90. The maximum Gasteiger partial charge on any atom is 0.226 e. The molecule has 20 heavy (non-hydrogen) atoms. The lowest BCUT2D eigenvalue weighted by molar-refractivity contribution is -0.137. The molecule has 2 unspecified atom stereocenters. The third kappa shape index (κ3) is 3.79. The van der Waals surface area contributed by atoms with Gasteiger partial charge in [0, 0.05) is 31.4 Å². The number of amides is 1. The maximum atomic E-state index is 12.7. The van der Waals surface area contributed by atoms with Gasteiger partial charge in [0.15, 0.2) is 0 Å². The molecule has 1 heterocycles. The number of rotatable bonds is 6. The number of carbonyl (C=O) groups excluding carboxylic acids is 1. The van der Waals surface area contributed by atoms with Crippen LogP contribution < -0.4 is 5.73 Å². The van der Waals surface area contributed by atoms with Crippen molar-refractivity contribution in [3.05, 3.63) is 30.1 Å². The van der Waals surface area contributed by atoms with Crippen LogP contribution in [0.5, 0.6) is 0 Å². The molecule has 0 aromatic carbocycles. The number of aromatic nitrogens is 1. The molecule has 1 saturated carbocycles. The van der Waals surface area contributed by atoms with Gasteiger partial charge in [0.1, 0.15) is 0 Å². The molecule has 1 aliphatic rings. The summed E-state index contributed by atoms with van der Waals surface area (Å²) >= 11 is 0. The zero-order chi connectivity index (χ0) is 14.4. The van der Waals surface area contributed by atoms with Crippen LogP contribution in [0, 0.1) is 11.8 Å². The summed E-state index contributed by atoms with van der Waals surface area (Å²) in [5, 5.41) is 0. The number of pyridine rings is 1. The molecule has 2 rings (SSSR count). The fraction of sp³-hybridized carbons (Fsp3) is 0.625. The molecular weight excluding hydrogens is 250 g/mol. The summed E-state index contributed by atoms with van der Waals surface area (Å²) in [4.78, 5) is 18.8. The van der Waals surface area contributed by atoms with E-state index in [0.29, 0.717) is 24.9 Å². The Bertz CT molecular complexity index is 421. The maximum absolute atomic E-state index is 12.7. The minimum atomic E-state index is 0.199. The van der Waals surface area contributed by atoms with E-state index in [1.54, 1.807) is 6.20 Å². The van der Waals surface area contributed by atoms with Gasteiger partial charge in [-0.25, -0.2) is 0 Å². The van der Waals surface area contributed by atoms with Crippen LogP contribution in [-0.2, 0) is 11.3 Å². The highest BCUT2D eigenvalue weighted by molar-refractivity contribution is 5.79. The minimum absolute atomic E-state index is 0.199. The van der Waals surface area contributed by atoms with Crippen molar-refractivity contribution in [2.75, 3.05) is 13.1 Å². The lowest BCUT2D eigenvalue weighted by atomic mass is 9.96. The van der Waals surface area contributed by atoms with Gasteiger partial charge < -0.3 is 10.6 Å². The van der Waals surface area contributed by atoms with Crippen LogP contribution in [0.15, 0.2) is 24.5 Å². The summed E-state index contributed by atoms with van der Waals surface area (Å²) in [5.74, 6) is 1.01. The molecule has 110 valence electrons. The number of carbonyl (C=O) groups is 1. The van der Waals surface area contributed by atoms with Crippen molar-refractivity contribution < 1.29 is 4.79 Å². The lowest BCUT2D eigenvalue weighted by Gasteiger charge is -2.27. The monoisotopic (exact) mass is 275 g/mol. The van der Waals surface area contributed by atoms with E-state index in [0.717, 1.165) is 24.9 Å². The predicted octanol–water partition coefficient (Wildman–Crippen LogP) is 2.20. The van der Waals surface area contributed by atoms with Crippen molar-refractivity contribution in [3.8, 4) is 0 Å². The van der Waals surface area contributed by atoms with Crippen LogP contribution in [0.2, 0.25) is 0 Å². The van der Waals surface area contributed by atoms with E-state index in [9.17, 15) is 4.79 Å². The molecule has 1 aromatic rings. The van der Waals surface area contributed by atoms with Crippen LogP contribution in [0.4, 0.5) is 0 Å². The van der Waals surface area contributed by atoms with Crippen LogP contribution in [0.3, 0.4) is 0 Å². The summed E-state index contributed by atoms with van der Waals surface area (Å²) in [6.07, 6.45) is 7.83. The Morgan fingerprint density at radius 3 is 2.95 bits per heavy atom. The second-order valence-electron chi connectivity index (χ2n) is 5.78. The molecular formula is C16H25N3O. The first-order valence-corrected chi connectivity index (χ1v) is 7.60. The van der Waals surface area contributed by atoms with Gasteiger partial charge in [0.2, 0.25) is 5.91 Å². The van der Waals surface area contributed by atoms with Crippen molar-refractivity contribution in [1.82, 2.24) is 9.88 Å². The van der Waals surface area contributed by atoms with E-state index < -0.39 is 0 Å². The largest absolute Gasteiger partial charge is 0.338 e. The van der Waals surface area contributed by atoms with Gasteiger partial charge in [-0.2, -0.15) is 0 Å². The Morgan fingerprint density at radius 2 is 2.35 bits per heavy atom. The van der Waals surface area contributed by atoms with Gasteiger partial charge in [-0.05, 0) is 43.4 Å². The zero-order valence-electron chi connectivity index (χ0n) is 12.3. The molecule has 2 N–H and O–H groups in total. The number of nitrogens with zero attached hydrogens (tertiary/aromatic N) is 2. The summed E-state index contributed by atoms with van der Waals surface area (Å²) in [6.45, 7) is 4.21. The average molecular weight is 275 g/mol. The van der Waals surface area contributed by atoms with Gasteiger partial charge in [0.25, 0.3) is 0 Å². The van der Waals surface area contributed by atoms with E-state index in [2.05, 4.69) is 11.9 Å². The summed E-state index contributed by atoms with van der Waals surface area (Å²) in [6, 6.07) is 3.94. The van der Waals surface area contributed by atoms with Crippen LogP contribution in [0.1, 0.15) is 38.2 Å². The van der Waals surface area contributed by atoms with Crippen LogP contribution in [-0.4, -0.2) is 28.9 Å². The zero-order valence-corrected chi connectivity index (χ0v) is 12.3. The second-order valence-corrected chi connectivity index (χ2v) is 5.78. The Hall–Kier alpha value is -1.42. The summed E-state index contributed by atoms with van der Waals surface area (Å²) in [5.41, 5.74) is 6.69. The van der Waals surface area contributed by atoms with E-state index in [1.165, 1.54) is 12.8 Å². The Balaban J connectivity index is 2.04. The highest BCUT2D eigenvalue weighted by atomic mass is 16.2. The molecule has 0 radical (unpaired) electrons. The SMILES string of the molecule is CC1CCCC1C(=O)N(CCCN)Cc1cccnc1. The first-order chi connectivity index (χ1) is 9.72. The van der Waals surface area contributed by atoms with Crippen molar-refractivity contribution in [3.63, 3.8) is 0 Å². The fourth-order valence-corrected chi connectivity index (χ4v) is 3.01. The molecule has 2 atom stereocenters. The highest BCUT2D eigenvalue weighted by Crippen LogP contribution is 2.32. The van der Waals surface area contributed by atoms with Crippen molar-refractivity contribution in [2.24, 2.45) is 17.6 Å². The number of nitrogens with two attached hydrogens (primary N) is 1. The quantitative estimate of drug-likeness (QED) is 0.866. The number of hydrogen-bond acceptors (Lipinski definition) is 3. The van der Waals surface area contributed by atoms with Gasteiger partial charge >= 0.3 is 0 Å². The van der Waals surface area contributed by atoms with E-state index in [1.807, 2.05) is 23.2 Å². The molecule has 4 nitrogen and oxygen atoms in total. The predicted molar refractivity (Wildman–Crippen MR) is 79.8 cm³/mol. The molecule has 1 aliphatic carbocycles. The standard InChI is InChI=1S/C16H25N3O/c1-13-5-2-7-15(13)16(20)19(10-4-8-17)12-14-6-3-9-18-11-14/h3,6,9,11,13,15H,2,4-5,7-8,10,12,17H2,1H3. The third-order valence-electron chi connectivity index (χ3n) is 4.22. The number of hydrogen-bond donors (Lipinski definition) is 1. The first kappa shape index (κ1) is 15.0. The van der Waals surface area contributed by atoms with Crippen molar-refractivity contribution in [2.45, 2.75) is 39.2 Å². The molecule has 1 fully saturated rings. The van der Waals surface area contributed by atoms with Crippen LogP contribution in [0.25, 0.3) is 0 Å². The van der Waals surface area contributed by atoms with Crippen LogP contribution >= 0.6 is 0 Å². The Labute approximate surface area is 121 Å². The molecule has 0 saturated heterocycles. The smallest absolute Gasteiger partial charge is 0.226 e. The topological polar surface area (TPSA) is 59.2 Å². The normalized spacial score (nSPS) is 21.9. The van der Waals surface area contributed by atoms with E-state index in [-0.39, 0.29) is 5.92 Å². The molecule has 0 aliphatic heterocycles. The summed E-state index contributed by atoms with van der Waals surface area (Å²) < 4.78 is 0. The van der Waals surface area contributed by atoms with Gasteiger partial charge in [-0.1, -0.05) is 19.4 Å². The molecule has 1 amide bonds. The molecule has 0 spiro atoms. The Kier molecular flexibility index (Phi) is 5.53. The van der Waals surface area contributed by atoms with Gasteiger partial charge in [-0.3, -0.25) is 9.78 Å². The molecule has 1 aromatic heterocycles. The first-order valence-electron chi connectivity index (χ1n) is 7.60. The summed E-state index contributed by atoms with van der Waals surface area (Å²) in [7, 11) is 0. The van der Waals surface area contributed by atoms with Gasteiger partial charge in [-0.15, -0.1) is 0 Å². The van der Waals surface area contributed by atoms with Crippen molar-refractivity contribution in [1.29, 1.82) is 0 Å². The fourth-order valence-electron chi connectivity index (χ4n) is 3.01.